The van der Waals surface area contributed by atoms with Crippen molar-refractivity contribution in [3.05, 3.63) is 106 Å². The summed E-state index contributed by atoms with van der Waals surface area (Å²) >= 11 is 0. The van der Waals surface area contributed by atoms with Crippen LogP contribution in [0, 0.1) is 17.2 Å². The first-order valence-electron chi connectivity index (χ1n) is 14.5. The van der Waals surface area contributed by atoms with Crippen LogP contribution in [0.25, 0.3) is 16.8 Å². The highest BCUT2D eigenvalue weighted by atomic mass is 32.2. The van der Waals surface area contributed by atoms with Crippen molar-refractivity contribution in [1.82, 2.24) is 14.3 Å². The van der Waals surface area contributed by atoms with E-state index in [1.54, 1.807) is 55.6 Å². The van der Waals surface area contributed by atoms with Gasteiger partial charge in [0, 0.05) is 18.3 Å². The third kappa shape index (κ3) is 7.02. The van der Waals surface area contributed by atoms with E-state index < -0.39 is 44.9 Å². The lowest BCUT2D eigenvalue weighted by Crippen LogP contribution is -2.41. The van der Waals surface area contributed by atoms with Gasteiger partial charge < -0.3 is 4.90 Å². The molecule has 0 bridgehead atoms. The van der Waals surface area contributed by atoms with Crippen molar-refractivity contribution in [2.24, 2.45) is 5.92 Å². The third-order valence-corrected chi connectivity index (χ3v) is 9.92. The number of aromatic nitrogens is 2. The van der Waals surface area contributed by atoms with Crippen LogP contribution in [-0.2, 0) is 21.1 Å². The summed E-state index contributed by atoms with van der Waals surface area (Å²) in [4.78, 5) is 45.9. The number of halogens is 3. The first-order chi connectivity index (χ1) is 21.8. The molecular formula is C33H29F3N4O5S. The number of hydrogen-bond donors (Lipinski definition) is 0. The third-order valence-electron chi connectivity index (χ3n) is 8.21. The fourth-order valence-electron chi connectivity index (χ4n) is 5.63. The molecule has 0 N–H and O–H groups in total. The quantitative estimate of drug-likeness (QED) is 0.247. The summed E-state index contributed by atoms with van der Waals surface area (Å²) in [6.07, 6.45) is -3.01. The fraction of sp³-hybridized carbons (Fsp3) is 0.303. The van der Waals surface area contributed by atoms with Crippen molar-refractivity contribution in [1.29, 1.82) is 5.26 Å². The highest BCUT2D eigenvalue weighted by molar-refractivity contribution is 7.91. The number of rotatable bonds is 8. The minimum absolute atomic E-state index is 0.0190. The molecule has 238 valence electrons. The predicted molar refractivity (Wildman–Crippen MR) is 164 cm³/mol. The van der Waals surface area contributed by atoms with Gasteiger partial charge in [-0.3, -0.25) is 18.8 Å². The maximum Gasteiger partial charge on any atom is 0.454 e. The van der Waals surface area contributed by atoms with Crippen LogP contribution in [0.4, 0.5) is 13.2 Å². The van der Waals surface area contributed by atoms with Crippen LogP contribution in [-0.4, -0.2) is 58.6 Å². The zero-order chi connectivity index (χ0) is 33.2. The summed E-state index contributed by atoms with van der Waals surface area (Å²) in [5.74, 6) is -2.61. The molecule has 0 aliphatic carbocycles. The highest BCUT2D eigenvalue weighted by Crippen LogP contribution is 2.31. The van der Waals surface area contributed by atoms with E-state index in [9.17, 15) is 41.2 Å². The topological polar surface area (TPSA) is 130 Å². The summed E-state index contributed by atoms with van der Waals surface area (Å²) < 4.78 is 64.3. The Hall–Kier alpha value is -4.83. The van der Waals surface area contributed by atoms with E-state index in [4.69, 9.17) is 4.98 Å². The number of benzene rings is 2. The van der Waals surface area contributed by atoms with Crippen molar-refractivity contribution in [3.8, 4) is 17.2 Å². The summed E-state index contributed by atoms with van der Waals surface area (Å²) in [6, 6.07) is 17.3. The van der Waals surface area contributed by atoms with Crippen molar-refractivity contribution in [3.63, 3.8) is 0 Å². The first kappa shape index (κ1) is 32.6. The Balaban J connectivity index is 1.55. The Kier molecular flexibility index (Phi) is 9.12. The monoisotopic (exact) mass is 650 g/mol. The first-order valence-corrected chi connectivity index (χ1v) is 16.3. The number of nitriles is 1. The lowest BCUT2D eigenvalue weighted by atomic mass is 9.96. The molecule has 1 unspecified atom stereocenters. The average Bonchev–Trinajstić information content (AvgIpc) is 3.03. The van der Waals surface area contributed by atoms with Crippen LogP contribution in [0.1, 0.15) is 53.0 Å². The van der Waals surface area contributed by atoms with E-state index in [1.807, 2.05) is 6.07 Å². The van der Waals surface area contributed by atoms with E-state index in [1.165, 1.54) is 21.4 Å². The van der Waals surface area contributed by atoms with Gasteiger partial charge in [0.25, 0.3) is 11.3 Å². The number of ketones is 1. The molecule has 1 saturated heterocycles. The van der Waals surface area contributed by atoms with Gasteiger partial charge in [0.15, 0.2) is 0 Å². The molecular weight excluding hydrogens is 621 g/mol. The van der Waals surface area contributed by atoms with Gasteiger partial charge in [0.1, 0.15) is 15.5 Å². The maximum atomic E-state index is 14.0. The minimum Gasteiger partial charge on any atom is -0.334 e. The molecule has 0 saturated carbocycles. The molecule has 2 aromatic heterocycles. The number of Topliss-reactive ketones (excluding diaryl/α,β-unsaturated/α-hetero) is 1. The lowest BCUT2D eigenvalue weighted by molar-refractivity contribution is -0.133. The van der Waals surface area contributed by atoms with E-state index in [0.717, 1.165) is 12.1 Å². The van der Waals surface area contributed by atoms with Crippen LogP contribution in [0.5, 0.6) is 0 Å². The molecule has 1 atom stereocenters. The second-order valence-corrected chi connectivity index (χ2v) is 13.6. The van der Waals surface area contributed by atoms with Crippen LogP contribution in [0.15, 0.2) is 77.7 Å². The average molecular weight is 651 g/mol. The van der Waals surface area contributed by atoms with Crippen molar-refractivity contribution in [2.45, 2.75) is 38.4 Å². The number of amides is 1. The molecule has 1 aliphatic rings. The smallest absolute Gasteiger partial charge is 0.334 e. The predicted octanol–water partition coefficient (Wildman–Crippen LogP) is 4.94. The molecule has 0 radical (unpaired) electrons. The Morgan fingerprint density at radius 3 is 2.30 bits per heavy atom. The molecule has 9 nitrogen and oxygen atoms in total. The Bertz CT molecular complexity index is 1990. The summed E-state index contributed by atoms with van der Waals surface area (Å²) in [5.41, 5.74) is 1.16. The molecule has 2 aromatic carbocycles. The number of hydrogen-bond acceptors (Lipinski definition) is 7. The van der Waals surface area contributed by atoms with Crippen molar-refractivity contribution in [2.75, 3.05) is 18.1 Å². The van der Waals surface area contributed by atoms with Gasteiger partial charge in [-0.2, -0.15) is 18.4 Å². The SMILES string of the molecule is CC(c1nc2ccccn2c(=O)c1-c1ccc(C#N)cc1)N(CC1CCS(=O)(=O)CC1)C(=O)Cc1ccc(C(=O)C(F)(F)F)cc1. The summed E-state index contributed by atoms with van der Waals surface area (Å²) in [5, 5.41) is 9.28. The van der Waals surface area contributed by atoms with Gasteiger partial charge >= 0.3 is 6.18 Å². The normalized spacial score (nSPS) is 15.6. The number of nitrogens with zero attached hydrogens (tertiary/aromatic N) is 4. The van der Waals surface area contributed by atoms with E-state index in [0.29, 0.717) is 40.9 Å². The highest BCUT2D eigenvalue weighted by Gasteiger charge is 2.39. The van der Waals surface area contributed by atoms with Gasteiger partial charge in [0.2, 0.25) is 5.91 Å². The molecule has 1 fully saturated rings. The fourth-order valence-corrected chi connectivity index (χ4v) is 7.22. The Morgan fingerprint density at radius 1 is 1.04 bits per heavy atom. The lowest BCUT2D eigenvalue weighted by Gasteiger charge is -2.34. The van der Waals surface area contributed by atoms with Crippen LogP contribution >= 0.6 is 0 Å². The standard InChI is InChI=1S/C33H29F3N4O5S/c1-21(30-29(25-9-7-23(19-37)8-10-25)32(43)39-15-3-2-4-27(39)38-30)40(20-24-13-16-46(44,45)17-14-24)28(41)18-22-5-11-26(12-6-22)31(42)33(34,35)36/h2-12,15,21,24H,13-14,16-18,20H2,1H3. The molecule has 13 heteroatoms. The van der Waals surface area contributed by atoms with E-state index >= 15 is 0 Å². The van der Waals surface area contributed by atoms with E-state index in [2.05, 4.69) is 0 Å². The molecule has 4 aromatic rings. The molecule has 46 heavy (non-hydrogen) atoms. The molecule has 1 aliphatic heterocycles. The maximum absolute atomic E-state index is 14.0. The van der Waals surface area contributed by atoms with Gasteiger partial charge in [-0.15, -0.1) is 0 Å². The van der Waals surface area contributed by atoms with Gasteiger partial charge in [-0.25, -0.2) is 13.4 Å². The molecule has 3 heterocycles. The van der Waals surface area contributed by atoms with Gasteiger partial charge in [-0.05, 0) is 61.1 Å². The van der Waals surface area contributed by atoms with Crippen molar-refractivity contribution >= 4 is 27.2 Å². The van der Waals surface area contributed by atoms with E-state index in [-0.39, 0.29) is 36.0 Å². The number of sulfone groups is 1. The van der Waals surface area contributed by atoms with Crippen LogP contribution in [0.3, 0.4) is 0 Å². The molecule has 0 spiro atoms. The van der Waals surface area contributed by atoms with Gasteiger partial charge in [0.05, 0.1) is 46.9 Å². The number of pyridine rings is 1. The van der Waals surface area contributed by atoms with Crippen LogP contribution in [0.2, 0.25) is 0 Å². The Labute approximate surface area is 262 Å². The number of alkyl halides is 3. The zero-order valence-corrected chi connectivity index (χ0v) is 25.5. The number of fused-ring (bicyclic) bond motifs is 1. The Morgan fingerprint density at radius 2 is 1.70 bits per heavy atom. The van der Waals surface area contributed by atoms with Crippen LogP contribution < -0.4 is 5.56 Å². The number of carbonyl (C=O) groups excluding carboxylic acids is 2. The zero-order valence-electron chi connectivity index (χ0n) is 24.7. The molecule has 5 rings (SSSR count). The second kappa shape index (κ2) is 12.9. The summed E-state index contributed by atoms with van der Waals surface area (Å²) in [6.45, 7) is 1.87. The minimum atomic E-state index is -5.03. The largest absolute Gasteiger partial charge is 0.454 e. The number of carbonyl (C=O) groups is 2. The second-order valence-electron chi connectivity index (χ2n) is 11.3. The van der Waals surface area contributed by atoms with Gasteiger partial charge in [-0.1, -0.05) is 42.5 Å². The summed E-state index contributed by atoms with van der Waals surface area (Å²) in [7, 11) is -3.18. The van der Waals surface area contributed by atoms with Crippen molar-refractivity contribution < 1.29 is 31.2 Å². The molecule has 1 amide bonds.